The predicted molar refractivity (Wildman–Crippen MR) is 89.9 cm³/mol. The number of amides is 1. The van der Waals surface area contributed by atoms with Gasteiger partial charge in [0.25, 0.3) is 5.56 Å². The van der Waals surface area contributed by atoms with Crippen molar-refractivity contribution in [3.05, 3.63) is 27.1 Å². The number of morpholine rings is 1. The van der Waals surface area contributed by atoms with E-state index >= 15 is 0 Å². The van der Waals surface area contributed by atoms with E-state index in [-0.39, 0.29) is 30.2 Å². The zero-order chi connectivity index (χ0) is 16.7. The van der Waals surface area contributed by atoms with Crippen molar-refractivity contribution in [1.29, 1.82) is 0 Å². The van der Waals surface area contributed by atoms with Crippen molar-refractivity contribution in [2.45, 2.75) is 46.4 Å². The number of rotatable bonds is 2. The molecule has 0 spiro atoms. The fraction of sp³-hybridized carbons (Fsp3) is 0.562. The Kier molecular flexibility index (Phi) is 4.25. The van der Waals surface area contributed by atoms with E-state index in [1.807, 2.05) is 27.7 Å². The molecular formula is C16H21N3O3S. The molecule has 2 aromatic heterocycles. The number of carbonyl (C=O) groups excluding carboxylic acids is 1. The van der Waals surface area contributed by atoms with Crippen LogP contribution >= 0.6 is 11.3 Å². The third kappa shape index (κ3) is 3.03. The Hall–Kier alpha value is -1.73. The van der Waals surface area contributed by atoms with E-state index in [2.05, 4.69) is 4.98 Å². The van der Waals surface area contributed by atoms with Gasteiger partial charge in [-0.15, -0.1) is 11.3 Å². The standard InChI is InChI=1S/C16H21N3O3S/c1-9-5-18(6-10(2)22-9)13(20)7-19-8-17-15-14(16(19)21)11(3)12(4)23-15/h8-10H,5-7H2,1-4H3/t9-,10-/m0/s1. The molecular weight excluding hydrogens is 314 g/mol. The maximum absolute atomic E-state index is 12.6. The van der Waals surface area contributed by atoms with Gasteiger partial charge in [-0.05, 0) is 33.3 Å². The second-order valence-corrected chi connectivity index (χ2v) is 7.40. The van der Waals surface area contributed by atoms with Crippen molar-refractivity contribution in [2.75, 3.05) is 13.1 Å². The fourth-order valence-electron chi connectivity index (χ4n) is 3.01. The van der Waals surface area contributed by atoms with Crippen LogP contribution in [-0.4, -0.2) is 45.7 Å². The lowest BCUT2D eigenvalue weighted by Gasteiger charge is -2.35. The number of fused-ring (bicyclic) bond motifs is 1. The Morgan fingerprint density at radius 1 is 1.35 bits per heavy atom. The van der Waals surface area contributed by atoms with Crippen LogP contribution in [0.25, 0.3) is 10.2 Å². The molecule has 0 aromatic carbocycles. The Morgan fingerprint density at radius 2 is 2.00 bits per heavy atom. The first kappa shape index (κ1) is 16.1. The van der Waals surface area contributed by atoms with Gasteiger partial charge in [0, 0.05) is 18.0 Å². The summed E-state index contributed by atoms with van der Waals surface area (Å²) in [5.41, 5.74) is 0.817. The topological polar surface area (TPSA) is 64.4 Å². The summed E-state index contributed by atoms with van der Waals surface area (Å²) in [6.45, 7) is 8.95. The molecule has 0 aliphatic carbocycles. The van der Waals surface area contributed by atoms with Gasteiger partial charge in [-0.1, -0.05) is 0 Å². The number of carbonyl (C=O) groups is 1. The molecule has 0 radical (unpaired) electrons. The molecule has 0 bridgehead atoms. The highest BCUT2D eigenvalue weighted by molar-refractivity contribution is 7.18. The summed E-state index contributed by atoms with van der Waals surface area (Å²) in [7, 11) is 0. The molecule has 23 heavy (non-hydrogen) atoms. The zero-order valence-corrected chi connectivity index (χ0v) is 14.6. The van der Waals surface area contributed by atoms with E-state index in [0.717, 1.165) is 15.3 Å². The van der Waals surface area contributed by atoms with Crippen molar-refractivity contribution >= 4 is 27.5 Å². The van der Waals surface area contributed by atoms with Gasteiger partial charge in [-0.25, -0.2) is 4.98 Å². The molecule has 0 unspecified atom stereocenters. The lowest BCUT2D eigenvalue weighted by atomic mass is 10.2. The van der Waals surface area contributed by atoms with Crippen LogP contribution in [-0.2, 0) is 16.1 Å². The minimum absolute atomic E-state index is 0.0156. The summed E-state index contributed by atoms with van der Waals surface area (Å²) in [6, 6.07) is 0. The van der Waals surface area contributed by atoms with Gasteiger partial charge in [0.2, 0.25) is 5.91 Å². The van der Waals surface area contributed by atoms with Gasteiger partial charge in [0.1, 0.15) is 11.4 Å². The first-order chi connectivity index (χ1) is 10.9. The van der Waals surface area contributed by atoms with E-state index in [1.54, 1.807) is 4.90 Å². The van der Waals surface area contributed by atoms with Gasteiger partial charge in [0.05, 0.1) is 23.9 Å². The molecule has 0 N–H and O–H groups in total. The van der Waals surface area contributed by atoms with Crippen molar-refractivity contribution in [1.82, 2.24) is 14.5 Å². The third-order valence-corrected chi connectivity index (χ3v) is 5.35. The molecule has 2 aromatic rings. The molecule has 3 heterocycles. The van der Waals surface area contributed by atoms with Crippen LogP contribution in [0.4, 0.5) is 0 Å². The Bertz CT molecular complexity index is 801. The zero-order valence-electron chi connectivity index (χ0n) is 13.8. The number of hydrogen-bond acceptors (Lipinski definition) is 5. The minimum Gasteiger partial charge on any atom is -0.372 e. The largest absolute Gasteiger partial charge is 0.372 e. The molecule has 1 saturated heterocycles. The van der Waals surface area contributed by atoms with Gasteiger partial charge in [-0.3, -0.25) is 14.2 Å². The second-order valence-electron chi connectivity index (χ2n) is 6.20. The second kappa shape index (κ2) is 6.05. The SMILES string of the molecule is Cc1sc2ncn(CC(=O)N3C[C@H](C)O[C@@H](C)C3)c(=O)c2c1C. The van der Waals surface area contributed by atoms with Gasteiger partial charge in [-0.2, -0.15) is 0 Å². The average molecular weight is 335 g/mol. The molecule has 2 atom stereocenters. The molecule has 0 saturated carbocycles. The first-order valence-electron chi connectivity index (χ1n) is 7.75. The van der Waals surface area contributed by atoms with E-state index in [9.17, 15) is 9.59 Å². The summed E-state index contributed by atoms with van der Waals surface area (Å²) >= 11 is 1.51. The van der Waals surface area contributed by atoms with Gasteiger partial charge >= 0.3 is 0 Å². The van der Waals surface area contributed by atoms with Gasteiger partial charge in [0.15, 0.2) is 0 Å². The fourth-order valence-corrected chi connectivity index (χ4v) is 4.00. The average Bonchev–Trinajstić information content (AvgIpc) is 2.77. The molecule has 3 rings (SSSR count). The highest BCUT2D eigenvalue weighted by Gasteiger charge is 2.26. The summed E-state index contributed by atoms with van der Waals surface area (Å²) in [6.07, 6.45) is 1.51. The van der Waals surface area contributed by atoms with E-state index in [4.69, 9.17) is 4.74 Å². The molecule has 1 amide bonds. The number of thiophene rings is 1. The summed E-state index contributed by atoms with van der Waals surface area (Å²) in [5.74, 6) is -0.0696. The minimum atomic E-state index is -0.139. The number of hydrogen-bond donors (Lipinski definition) is 0. The molecule has 1 aliphatic rings. The number of ether oxygens (including phenoxy) is 1. The number of aryl methyl sites for hydroxylation is 2. The summed E-state index contributed by atoms with van der Waals surface area (Å²) < 4.78 is 7.05. The molecule has 7 heteroatoms. The summed E-state index contributed by atoms with van der Waals surface area (Å²) in [5, 5.41) is 0.631. The lowest BCUT2D eigenvalue weighted by Crippen LogP contribution is -2.49. The quantitative estimate of drug-likeness (QED) is 0.838. The van der Waals surface area contributed by atoms with E-state index in [0.29, 0.717) is 18.5 Å². The van der Waals surface area contributed by atoms with Crippen LogP contribution in [0.3, 0.4) is 0 Å². The Morgan fingerprint density at radius 3 is 2.65 bits per heavy atom. The molecule has 1 fully saturated rings. The predicted octanol–water partition coefficient (Wildman–Crippen LogP) is 1.71. The highest BCUT2D eigenvalue weighted by atomic mass is 32.1. The van der Waals surface area contributed by atoms with E-state index < -0.39 is 0 Å². The van der Waals surface area contributed by atoms with Crippen LogP contribution in [0.15, 0.2) is 11.1 Å². The van der Waals surface area contributed by atoms with Crippen LogP contribution in [0.5, 0.6) is 0 Å². The summed E-state index contributed by atoms with van der Waals surface area (Å²) in [4.78, 5) is 33.1. The highest BCUT2D eigenvalue weighted by Crippen LogP contribution is 2.25. The Balaban J connectivity index is 1.87. The monoisotopic (exact) mass is 335 g/mol. The maximum Gasteiger partial charge on any atom is 0.262 e. The normalized spacial score (nSPS) is 21.8. The van der Waals surface area contributed by atoms with Crippen LogP contribution < -0.4 is 5.56 Å². The first-order valence-corrected chi connectivity index (χ1v) is 8.57. The van der Waals surface area contributed by atoms with E-state index in [1.165, 1.54) is 22.2 Å². The molecule has 124 valence electrons. The molecule has 6 nitrogen and oxygen atoms in total. The van der Waals surface area contributed by atoms with Crippen molar-refractivity contribution in [2.24, 2.45) is 0 Å². The Labute approximate surface area is 138 Å². The maximum atomic E-state index is 12.6. The van der Waals surface area contributed by atoms with Gasteiger partial charge < -0.3 is 9.64 Å². The van der Waals surface area contributed by atoms with Crippen LogP contribution in [0, 0.1) is 13.8 Å². The van der Waals surface area contributed by atoms with Crippen LogP contribution in [0.2, 0.25) is 0 Å². The smallest absolute Gasteiger partial charge is 0.262 e. The lowest BCUT2D eigenvalue weighted by molar-refractivity contribution is -0.143. The third-order valence-electron chi connectivity index (χ3n) is 4.23. The number of aromatic nitrogens is 2. The van der Waals surface area contributed by atoms with Crippen molar-refractivity contribution in [3.8, 4) is 0 Å². The van der Waals surface area contributed by atoms with Crippen LogP contribution in [0.1, 0.15) is 24.3 Å². The van der Waals surface area contributed by atoms with Crippen molar-refractivity contribution < 1.29 is 9.53 Å². The number of nitrogens with zero attached hydrogens (tertiary/aromatic N) is 3. The van der Waals surface area contributed by atoms with Crippen molar-refractivity contribution in [3.63, 3.8) is 0 Å². The molecule has 1 aliphatic heterocycles.